The molecule has 110 valence electrons. The molecule has 4 heteroatoms. The van der Waals surface area contributed by atoms with Crippen LogP contribution >= 0.6 is 15.9 Å². The van der Waals surface area contributed by atoms with Gasteiger partial charge in [0.15, 0.2) is 0 Å². The highest BCUT2D eigenvalue weighted by molar-refractivity contribution is 9.10. The molecule has 0 unspecified atom stereocenters. The number of carbonyl (C=O) groups is 1. The van der Waals surface area contributed by atoms with Crippen LogP contribution in [-0.2, 0) is 14.9 Å². The Morgan fingerprint density at radius 1 is 1.30 bits per heavy atom. The van der Waals surface area contributed by atoms with Crippen LogP contribution in [0.2, 0.25) is 0 Å². The summed E-state index contributed by atoms with van der Waals surface area (Å²) in [5, 5.41) is 3.10. The molecule has 0 spiro atoms. The lowest BCUT2D eigenvalue weighted by Gasteiger charge is -2.38. The van der Waals surface area contributed by atoms with Crippen molar-refractivity contribution < 1.29 is 9.53 Å². The van der Waals surface area contributed by atoms with Gasteiger partial charge in [-0.15, -0.1) is 0 Å². The summed E-state index contributed by atoms with van der Waals surface area (Å²) in [6.45, 7) is 6.05. The molecule has 1 amide bonds. The van der Waals surface area contributed by atoms with Crippen LogP contribution in [0.15, 0.2) is 28.7 Å². The Morgan fingerprint density at radius 2 is 1.90 bits per heavy atom. The third-order valence-corrected chi connectivity index (χ3v) is 4.56. The Kier molecular flexibility index (Phi) is 5.22. The molecule has 1 saturated heterocycles. The van der Waals surface area contributed by atoms with Crippen LogP contribution in [0.3, 0.4) is 0 Å². The van der Waals surface area contributed by atoms with Crippen molar-refractivity contribution in [2.24, 2.45) is 5.92 Å². The first-order chi connectivity index (χ1) is 9.53. The van der Waals surface area contributed by atoms with Crippen molar-refractivity contribution in [3.63, 3.8) is 0 Å². The number of amides is 1. The molecule has 3 nitrogen and oxygen atoms in total. The topological polar surface area (TPSA) is 38.3 Å². The van der Waals surface area contributed by atoms with Crippen LogP contribution in [-0.4, -0.2) is 25.7 Å². The van der Waals surface area contributed by atoms with Crippen LogP contribution in [0.5, 0.6) is 0 Å². The fourth-order valence-electron chi connectivity index (χ4n) is 2.59. The highest BCUT2D eigenvalue weighted by Crippen LogP contribution is 2.35. The summed E-state index contributed by atoms with van der Waals surface area (Å²) < 4.78 is 6.58. The van der Waals surface area contributed by atoms with Crippen molar-refractivity contribution in [3.8, 4) is 0 Å². The second-order valence-electron chi connectivity index (χ2n) is 5.77. The molecule has 1 aliphatic heterocycles. The number of halogens is 1. The van der Waals surface area contributed by atoms with E-state index in [1.807, 2.05) is 13.8 Å². The molecule has 1 N–H and O–H groups in total. The summed E-state index contributed by atoms with van der Waals surface area (Å²) in [5.74, 6) is 0.143. The van der Waals surface area contributed by atoms with E-state index in [0.717, 1.165) is 30.5 Å². The van der Waals surface area contributed by atoms with Gasteiger partial charge in [0.25, 0.3) is 0 Å². The fraction of sp³-hybridized carbons (Fsp3) is 0.562. The van der Waals surface area contributed by atoms with E-state index < -0.39 is 0 Å². The molecule has 0 aliphatic carbocycles. The first-order valence-corrected chi connectivity index (χ1v) is 7.94. The summed E-state index contributed by atoms with van der Waals surface area (Å²) in [4.78, 5) is 11.9. The highest BCUT2D eigenvalue weighted by Gasteiger charge is 2.34. The molecule has 1 aliphatic rings. The van der Waals surface area contributed by atoms with Crippen molar-refractivity contribution in [2.75, 3.05) is 19.8 Å². The minimum absolute atomic E-state index is 0.00347. The maximum atomic E-state index is 11.9. The van der Waals surface area contributed by atoms with Gasteiger partial charge in [0.05, 0.1) is 0 Å². The second-order valence-corrected chi connectivity index (χ2v) is 6.69. The van der Waals surface area contributed by atoms with E-state index >= 15 is 0 Å². The third kappa shape index (κ3) is 3.61. The number of hydrogen-bond acceptors (Lipinski definition) is 2. The number of carbonyl (C=O) groups excluding carboxylic acids is 1. The predicted octanol–water partition coefficient (Wildman–Crippen LogP) is 3.27. The van der Waals surface area contributed by atoms with Gasteiger partial charge in [0, 0.05) is 35.6 Å². The largest absolute Gasteiger partial charge is 0.381 e. The number of nitrogens with one attached hydrogen (secondary N) is 1. The van der Waals surface area contributed by atoms with Gasteiger partial charge in [-0.05, 0) is 30.5 Å². The summed E-state index contributed by atoms with van der Waals surface area (Å²) in [6.07, 6.45) is 1.90. The van der Waals surface area contributed by atoms with Crippen LogP contribution in [0.1, 0.15) is 32.3 Å². The lowest BCUT2D eigenvalue weighted by atomic mass is 9.74. The Morgan fingerprint density at radius 3 is 2.45 bits per heavy atom. The Bertz CT molecular complexity index is 450. The van der Waals surface area contributed by atoms with Gasteiger partial charge in [0.1, 0.15) is 0 Å². The molecule has 0 atom stereocenters. The second kappa shape index (κ2) is 6.72. The molecular weight excluding hydrogens is 318 g/mol. The highest BCUT2D eigenvalue weighted by atomic mass is 79.9. The molecule has 0 saturated carbocycles. The molecule has 1 heterocycles. The van der Waals surface area contributed by atoms with E-state index in [9.17, 15) is 4.79 Å². The van der Waals surface area contributed by atoms with E-state index in [-0.39, 0.29) is 17.2 Å². The fourth-order valence-corrected chi connectivity index (χ4v) is 2.86. The summed E-state index contributed by atoms with van der Waals surface area (Å²) in [5.41, 5.74) is 1.29. The zero-order valence-electron chi connectivity index (χ0n) is 12.1. The maximum Gasteiger partial charge on any atom is 0.222 e. The summed E-state index contributed by atoms with van der Waals surface area (Å²) in [6, 6.07) is 8.43. The minimum Gasteiger partial charge on any atom is -0.381 e. The molecule has 1 aromatic carbocycles. The van der Waals surface area contributed by atoms with E-state index in [0.29, 0.717) is 6.54 Å². The van der Waals surface area contributed by atoms with Crippen LogP contribution < -0.4 is 5.32 Å². The van der Waals surface area contributed by atoms with Crippen LogP contribution in [0, 0.1) is 5.92 Å². The first kappa shape index (κ1) is 15.5. The standard InChI is InChI=1S/C16H22BrNO2/c1-12(2)15(19)18-11-16(7-9-20-10-8-16)13-3-5-14(17)6-4-13/h3-6,12H,7-11H2,1-2H3,(H,18,19). The normalized spacial score (nSPS) is 18.0. The van der Waals surface area contributed by atoms with Crippen molar-refractivity contribution >= 4 is 21.8 Å². The van der Waals surface area contributed by atoms with Crippen molar-refractivity contribution in [2.45, 2.75) is 32.1 Å². The number of benzene rings is 1. The zero-order chi connectivity index (χ0) is 14.6. The molecule has 0 radical (unpaired) electrons. The Labute approximate surface area is 129 Å². The van der Waals surface area contributed by atoms with E-state index in [4.69, 9.17) is 4.74 Å². The molecule has 1 aromatic rings. The molecular formula is C16H22BrNO2. The SMILES string of the molecule is CC(C)C(=O)NCC1(c2ccc(Br)cc2)CCOCC1. The van der Waals surface area contributed by atoms with Gasteiger partial charge >= 0.3 is 0 Å². The third-order valence-electron chi connectivity index (χ3n) is 4.03. The van der Waals surface area contributed by atoms with Gasteiger partial charge in [-0.25, -0.2) is 0 Å². The van der Waals surface area contributed by atoms with E-state index in [2.05, 4.69) is 45.5 Å². The van der Waals surface area contributed by atoms with Gasteiger partial charge in [-0.3, -0.25) is 4.79 Å². The molecule has 0 aromatic heterocycles. The zero-order valence-corrected chi connectivity index (χ0v) is 13.7. The van der Waals surface area contributed by atoms with Gasteiger partial charge in [0.2, 0.25) is 5.91 Å². The quantitative estimate of drug-likeness (QED) is 0.914. The van der Waals surface area contributed by atoms with Crippen molar-refractivity contribution in [3.05, 3.63) is 34.3 Å². The average molecular weight is 340 g/mol. The molecule has 1 fully saturated rings. The van der Waals surface area contributed by atoms with Crippen molar-refractivity contribution in [1.82, 2.24) is 5.32 Å². The van der Waals surface area contributed by atoms with Crippen LogP contribution in [0.4, 0.5) is 0 Å². The number of rotatable bonds is 4. The van der Waals surface area contributed by atoms with Gasteiger partial charge < -0.3 is 10.1 Å². The van der Waals surface area contributed by atoms with E-state index in [1.165, 1.54) is 5.56 Å². The average Bonchev–Trinajstić information content (AvgIpc) is 2.46. The molecule has 20 heavy (non-hydrogen) atoms. The Hall–Kier alpha value is -0.870. The monoisotopic (exact) mass is 339 g/mol. The smallest absolute Gasteiger partial charge is 0.222 e. The Balaban J connectivity index is 2.17. The summed E-state index contributed by atoms with van der Waals surface area (Å²) >= 11 is 3.47. The van der Waals surface area contributed by atoms with E-state index in [1.54, 1.807) is 0 Å². The number of ether oxygens (including phenoxy) is 1. The summed E-state index contributed by atoms with van der Waals surface area (Å²) in [7, 11) is 0. The van der Waals surface area contributed by atoms with Crippen LogP contribution in [0.25, 0.3) is 0 Å². The van der Waals surface area contributed by atoms with Gasteiger partial charge in [-0.1, -0.05) is 41.9 Å². The molecule has 0 bridgehead atoms. The maximum absolute atomic E-state index is 11.9. The lowest BCUT2D eigenvalue weighted by Crippen LogP contribution is -2.45. The minimum atomic E-state index is 0.00347. The van der Waals surface area contributed by atoms with Crippen molar-refractivity contribution in [1.29, 1.82) is 0 Å². The van der Waals surface area contributed by atoms with Gasteiger partial charge in [-0.2, -0.15) is 0 Å². The molecule has 2 rings (SSSR count). The number of hydrogen-bond donors (Lipinski definition) is 1. The predicted molar refractivity (Wildman–Crippen MR) is 83.7 cm³/mol. The lowest BCUT2D eigenvalue weighted by molar-refractivity contribution is -0.124. The first-order valence-electron chi connectivity index (χ1n) is 7.15.